The van der Waals surface area contributed by atoms with Gasteiger partial charge in [-0.2, -0.15) is 0 Å². The number of benzene rings is 1. The molecule has 7 nitrogen and oxygen atoms in total. The van der Waals surface area contributed by atoms with Gasteiger partial charge < -0.3 is 10.1 Å². The van der Waals surface area contributed by atoms with Gasteiger partial charge in [0.15, 0.2) is 10.9 Å². The number of thiazole rings is 1. The summed E-state index contributed by atoms with van der Waals surface area (Å²) in [5.41, 5.74) is 1.53. The second kappa shape index (κ2) is 8.98. The fourth-order valence-corrected chi connectivity index (χ4v) is 4.52. The largest absolute Gasteiger partial charge is 0.490 e. The first-order chi connectivity index (χ1) is 13.1. The lowest BCUT2D eigenvalue weighted by Crippen LogP contribution is -2.14. The Morgan fingerprint density at radius 1 is 1.37 bits per heavy atom. The molecule has 0 aliphatic heterocycles. The second-order valence-electron chi connectivity index (χ2n) is 5.32. The average Bonchev–Trinajstić information content (AvgIpc) is 3.33. The van der Waals surface area contributed by atoms with Gasteiger partial charge in [-0.3, -0.25) is 14.9 Å². The van der Waals surface area contributed by atoms with Crippen LogP contribution >= 0.6 is 34.4 Å². The normalized spacial score (nSPS) is 10.6. The van der Waals surface area contributed by atoms with Crippen molar-refractivity contribution in [3.05, 3.63) is 56.8 Å². The monoisotopic (exact) mass is 421 g/mol. The van der Waals surface area contributed by atoms with Crippen LogP contribution < -0.4 is 10.1 Å². The van der Waals surface area contributed by atoms with Crippen LogP contribution in [0.25, 0.3) is 10.6 Å². The lowest BCUT2D eigenvalue weighted by Gasteiger charge is -2.05. The standard InChI is InChI=1S/C17H15N3O4S3/c1-24-14-5-4-11(7-13(14)20(22)23)8-25-10-16(21)19-17-18-12(9-27-17)15-3-2-6-26-15/h2-7,9H,8,10H2,1H3,(H,18,19,21). The van der Waals surface area contributed by atoms with E-state index in [9.17, 15) is 14.9 Å². The molecule has 0 radical (unpaired) electrons. The Bertz CT molecular complexity index is 941. The molecule has 2 aromatic heterocycles. The number of nitro groups is 1. The van der Waals surface area contributed by atoms with Crippen LogP contribution in [0, 0.1) is 10.1 Å². The van der Waals surface area contributed by atoms with Crippen LogP contribution in [0.1, 0.15) is 5.56 Å². The van der Waals surface area contributed by atoms with Gasteiger partial charge >= 0.3 is 5.69 Å². The summed E-state index contributed by atoms with van der Waals surface area (Å²) in [6.45, 7) is 0. The van der Waals surface area contributed by atoms with Gasteiger partial charge in [-0.15, -0.1) is 34.4 Å². The zero-order chi connectivity index (χ0) is 19.2. The quantitative estimate of drug-likeness (QED) is 0.420. The van der Waals surface area contributed by atoms with E-state index in [1.165, 1.54) is 36.3 Å². The average molecular weight is 422 g/mol. The van der Waals surface area contributed by atoms with Crippen molar-refractivity contribution in [1.82, 2.24) is 4.98 Å². The number of nitrogens with zero attached hydrogens (tertiary/aromatic N) is 2. The molecule has 2 heterocycles. The first-order valence-electron chi connectivity index (χ1n) is 7.75. The number of hydrogen-bond acceptors (Lipinski definition) is 8. The maximum Gasteiger partial charge on any atom is 0.311 e. The van der Waals surface area contributed by atoms with E-state index < -0.39 is 4.92 Å². The van der Waals surface area contributed by atoms with E-state index in [1.807, 2.05) is 22.9 Å². The van der Waals surface area contributed by atoms with E-state index in [-0.39, 0.29) is 23.1 Å². The molecule has 0 saturated heterocycles. The molecule has 1 amide bonds. The topological polar surface area (TPSA) is 94.4 Å². The third kappa shape index (κ3) is 5.06. The summed E-state index contributed by atoms with van der Waals surface area (Å²) in [7, 11) is 1.39. The third-order valence-electron chi connectivity index (χ3n) is 3.47. The van der Waals surface area contributed by atoms with Crippen LogP contribution in [0.2, 0.25) is 0 Å². The first kappa shape index (κ1) is 19.3. The lowest BCUT2D eigenvalue weighted by atomic mass is 10.2. The minimum Gasteiger partial charge on any atom is -0.490 e. The van der Waals surface area contributed by atoms with Crippen LogP contribution in [0.3, 0.4) is 0 Å². The number of amides is 1. The molecule has 0 atom stereocenters. The molecule has 0 aliphatic rings. The molecule has 0 aliphatic carbocycles. The number of thiophene rings is 1. The SMILES string of the molecule is COc1ccc(CSCC(=O)Nc2nc(-c3cccs3)cs2)cc1[N+](=O)[O-]. The van der Waals surface area contributed by atoms with Gasteiger partial charge in [0.05, 0.1) is 28.4 Å². The van der Waals surface area contributed by atoms with E-state index in [0.29, 0.717) is 10.9 Å². The van der Waals surface area contributed by atoms with E-state index in [0.717, 1.165) is 16.1 Å². The number of methoxy groups -OCH3 is 1. The van der Waals surface area contributed by atoms with Gasteiger partial charge in [0.1, 0.15) is 0 Å². The maximum atomic E-state index is 12.1. The van der Waals surface area contributed by atoms with Crippen molar-refractivity contribution in [2.24, 2.45) is 0 Å². The Morgan fingerprint density at radius 2 is 2.22 bits per heavy atom. The molecule has 0 saturated carbocycles. The van der Waals surface area contributed by atoms with Gasteiger partial charge in [-0.05, 0) is 23.1 Å². The Hall–Kier alpha value is -2.43. The minimum atomic E-state index is -0.479. The van der Waals surface area contributed by atoms with Gasteiger partial charge in [0.25, 0.3) is 0 Å². The van der Waals surface area contributed by atoms with Crippen molar-refractivity contribution in [3.8, 4) is 16.3 Å². The molecule has 0 spiro atoms. The number of nitrogens with one attached hydrogen (secondary N) is 1. The third-order valence-corrected chi connectivity index (χ3v) is 6.12. The first-order valence-corrected chi connectivity index (χ1v) is 10.7. The fraction of sp³-hybridized carbons (Fsp3) is 0.176. The highest BCUT2D eigenvalue weighted by Crippen LogP contribution is 2.30. The number of hydrogen-bond donors (Lipinski definition) is 1. The summed E-state index contributed by atoms with van der Waals surface area (Å²) in [5.74, 6) is 0.775. The number of thioether (sulfide) groups is 1. The number of nitro benzene ring substituents is 1. The minimum absolute atomic E-state index is 0.0797. The fourth-order valence-electron chi connectivity index (χ4n) is 2.25. The molecule has 1 N–H and O–H groups in total. The molecule has 1 aromatic carbocycles. The van der Waals surface area contributed by atoms with Gasteiger partial charge in [0.2, 0.25) is 5.91 Å². The van der Waals surface area contributed by atoms with Gasteiger partial charge in [-0.1, -0.05) is 12.1 Å². The van der Waals surface area contributed by atoms with Crippen molar-refractivity contribution < 1.29 is 14.5 Å². The van der Waals surface area contributed by atoms with E-state index >= 15 is 0 Å². The predicted octanol–water partition coefficient (Wildman–Crippen LogP) is 4.66. The highest BCUT2D eigenvalue weighted by molar-refractivity contribution is 7.99. The summed E-state index contributed by atoms with van der Waals surface area (Å²) in [4.78, 5) is 28.1. The highest BCUT2D eigenvalue weighted by Gasteiger charge is 2.15. The maximum absolute atomic E-state index is 12.1. The number of aromatic nitrogens is 1. The molecular weight excluding hydrogens is 406 g/mol. The predicted molar refractivity (Wildman–Crippen MR) is 110 cm³/mol. The molecule has 3 aromatic rings. The Labute approximate surface area is 167 Å². The molecule has 0 fully saturated rings. The van der Waals surface area contributed by atoms with Crippen LogP contribution in [0.5, 0.6) is 5.75 Å². The molecular formula is C17H15N3O4S3. The van der Waals surface area contributed by atoms with Gasteiger partial charge in [-0.25, -0.2) is 4.98 Å². The Kier molecular flexibility index (Phi) is 6.43. The molecule has 140 valence electrons. The zero-order valence-corrected chi connectivity index (χ0v) is 16.7. The molecule has 0 unspecified atom stereocenters. The summed E-state index contributed by atoms with van der Waals surface area (Å²) in [6, 6.07) is 8.73. The number of ether oxygens (including phenoxy) is 1. The lowest BCUT2D eigenvalue weighted by molar-refractivity contribution is -0.385. The summed E-state index contributed by atoms with van der Waals surface area (Å²) >= 11 is 4.35. The number of carbonyl (C=O) groups excluding carboxylic acids is 1. The van der Waals surface area contributed by atoms with Gasteiger partial charge in [0, 0.05) is 17.2 Å². The number of anilines is 1. The van der Waals surface area contributed by atoms with Crippen molar-refractivity contribution in [3.63, 3.8) is 0 Å². The molecule has 3 rings (SSSR count). The molecule has 0 bridgehead atoms. The summed E-state index contributed by atoms with van der Waals surface area (Å²) < 4.78 is 4.98. The van der Waals surface area contributed by atoms with Crippen molar-refractivity contribution in [1.29, 1.82) is 0 Å². The van der Waals surface area contributed by atoms with Crippen molar-refractivity contribution in [2.75, 3.05) is 18.2 Å². The van der Waals surface area contributed by atoms with Crippen LogP contribution in [-0.2, 0) is 10.5 Å². The van der Waals surface area contributed by atoms with Crippen LogP contribution in [-0.4, -0.2) is 28.7 Å². The summed E-state index contributed by atoms with van der Waals surface area (Å²) in [6.07, 6.45) is 0. The van der Waals surface area contributed by atoms with Crippen LogP contribution in [0.4, 0.5) is 10.8 Å². The van der Waals surface area contributed by atoms with Crippen LogP contribution in [0.15, 0.2) is 41.1 Å². The molecule has 27 heavy (non-hydrogen) atoms. The van der Waals surface area contributed by atoms with E-state index in [2.05, 4.69) is 10.3 Å². The van der Waals surface area contributed by atoms with Crippen molar-refractivity contribution in [2.45, 2.75) is 5.75 Å². The highest BCUT2D eigenvalue weighted by atomic mass is 32.2. The van der Waals surface area contributed by atoms with Crippen molar-refractivity contribution >= 4 is 51.2 Å². The van der Waals surface area contributed by atoms with E-state index in [4.69, 9.17) is 4.74 Å². The number of carbonyl (C=O) groups is 1. The summed E-state index contributed by atoms with van der Waals surface area (Å²) in [5, 5.41) is 18.3. The number of rotatable bonds is 8. The molecule has 10 heteroatoms. The van der Waals surface area contributed by atoms with E-state index in [1.54, 1.807) is 23.5 Å². The Morgan fingerprint density at radius 3 is 2.93 bits per heavy atom. The Balaban J connectivity index is 1.51. The smallest absolute Gasteiger partial charge is 0.311 e. The second-order valence-corrected chi connectivity index (χ2v) is 8.11. The zero-order valence-electron chi connectivity index (χ0n) is 14.2.